The second-order valence-corrected chi connectivity index (χ2v) is 3.30. The number of hydrogen-bond donors (Lipinski definition) is 0. The molecule has 0 amide bonds. The van der Waals surface area contributed by atoms with Crippen LogP contribution in [0.15, 0.2) is 18.2 Å². The molecule has 1 aromatic carbocycles. The summed E-state index contributed by atoms with van der Waals surface area (Å²) in [5.41, 5.74) is 5.45. The summed E-state index contributed by atoms with van der Waals surface area (Å²) in [6, 6.07) is 4.45. The van der Waals surface area contributed by atoms with Gasteiger partial charge in [-0.2, -0.15) is 0 Å². The van der Waals surface area contributed by atoms with E-state index in [1.165, 1.54) is 22.3 Å². The van der Waals surface area contributed by atoms with Crippen LogP contribution in [0.25, 0.3) is 6.08 Å². The van der Waals surface area contributed by atoms with E-state index in [1.54, 1.807) is 0 Å². The average molecular weight is 160 g/mol. The van der Waals surface area contributed by atoms with Crippen LogP contribution in [0.1, 0.15) is 29.2 Å². The molecule has 0 fully saturated rings. The predicted molar refractivity (Wildman–Crippen MR) is 55.4 cm³/mol. The number of rotatable bonds is 1. The first kappa shape index (κ1) is 9.05. The monoisotopic (exact) mass is 160 g/mol. The molecule has 0 unspecified atom stereocenters. The molecule has 0 N–H and O–H groups in total. The van der Waals surface area contributed by atoms with E-state index >= 15 is 0 Å². The molecule has 0 saturated heterocycles. The molecular weight excluding hydrogens is 144 g/mol. The fourth-order valence-corrected chi connectivity index (χ4v) is 1.43. The molecule has 0 heterocycles. The number of aryl methyl sites for hydroxylation is 2. The van der Waals surface area contributed by atoms with Crippen LogP contribution >= 0.6 is 0 Å². The van der Waals surface area contributed by atoms with Crippen molar-refractivity contribution in [2.24, 2.45) is 0 Å². The molecule has 0 heteroatoms. The van der Waals surface area contributed by atoms with Crippen LogP contribution in [0.3, 0.4) is 0 Å². The Hall–Kier alpha value is -1.04. The summed E-state index contributed by atoms with van der Waals surface area (Å²) in [6.07, 6.45) is 4.25. The number of hydrogen-bond acceptors (Lipinski definition) is 0. The summed E-state index contributed by atoms with van der Waals surface area (Å²) >= 11 is 0. The first-order chi connectivity index (χ1) is 5.65. The standard InChI is InChI=1S/C12H16/c1-5-6-12-8-9(2)7-10(3)11(12)4/h5-8H,1-4H3/b6-5-. The summed E-state index contributed by atoms with van der Waals surface area (Å²) < 4.78 is 0. The van der Waals surface area contributed by atoms with Gasteiger partial charge in [0.1, 0.15) is 0 Å². The molecule has 0 aliphatic rings. The normalized spacial score (nSPS) is 11.0. The smallest absolute Gasteiger partial charge is 0.0225 e. The summed E-state index contributed by atoms with van der Waals surface area (Å²) in [4.78, 5) is 0. The van der Waals surface area contributed by atoms with Crippen LogP contribution in [0, 0.1) is 20.8 Å². The minimum Gasteiger partial charge on any atom is -0.0871 e. The highest BCUT2D eigenvalue weighted by atomic mass is 14.0. The Morgan fingerprint density at radius 1 is 1.08 bits per heavy atom. The number of benzene rings is 1. The van der Waals surface area contributed by atoms with Gasteiger partial charge in [0.2, 0.25) is 0 Å². The molecule has 1 aromatic rings. The highest BCUT2D eigenvalue weighted by Crippen LogP contribution is 2.16. The summed E-state index contributed by atoms with van der Waals surface area (Å²) in [5, 5.41) is 0. The molecule has 12 heavy (non-hydrogen) atoms. The van der Waals surface area contributed by atoms with Gasteiger partial charge in [-0.1, -0.05) is 29.8 Å². The van der Waals surface area contributed by atoms with E-state index < -0.39 is 0 Å². The molecule has 0 saturated carbocycles. The fourth-order valence-electron chi connectivity index (χ4n) is 1.43. The molecule has 0 bridgehead atoms. The zero-order valence-corrected chi connectivity index (χ0v) is 8.31. The van der Waals surface area contributed by atoms with Crippen molar-refractivity contribution in [1.29, 1.82) is 0 Å². The number of allylic oxidation sites excluding steroid dienone is 1. The van der Waals surface area contributed by atoms with Gasteiger partial charge in [-0.25, -0.2) is 0 Å². The Morgan fingerprint density at radius 2 is 1.75 bits per heavy atom. The van der Waals surface area contributed by atoms with Crippen LogP contribution < -0.4 is 0 Å². The van der Waals surface area contributed by atoms with Crippen molar-refractivity contribution in [1.82, 2.24) is 0 Å². The Balaban J connectivity index is 3.27. The van der Waals surface area contributed by atoms with Crippen molar-refractivity contribution in [2.75, 3.05) is 0 Å². The van der Waals surface area contributed by atoms with Crippen molar-refractivity contribution in [3.05, 3.63) is 40.5 Å². The second kappa shape index (κ2) is 3.57. The highest BCUT2D eigenvalue weighted by molar-refractivity contribution is 5.56. The molecule has 64 valence electrons. The van der Waals surface area contributed by atoms with E-state index in [9.17, 15) is 0 Å². The first-order valence-electron chi connectivity index (χ1n) is 4.35. The average Bonchev–Trinajstić information content (AvgIpc) is 2.00. The van der Waals surface area contributed by atoms with Gasteiger partial charge in [0.25, 0.3) is 0 Å². The van der Waals surface area contributed by atoms with Gasteiger partial charge in [-0.15, -0.1) is 0 Å². The van der Waals surface area contributed by atoms with Crippen LogP contribution in [0.4, 0.5) is 0 Å². The Labute approximate surface area is 74.9 Å². The van der Waals surface area contributed by atoms with Gasteiger partial charge >= 0.3 is 0 Å². The van der Waals surface area contributed by atoms with Crippen molar-refractivity contribution in [3.8, 4) is 0 Å². The van der Waals surface area contributed by atoms with Crippen LogP contribution in [-0.4, -0.2) is 0 Å². The van der Waals surface area contributed by atoms with E-state index in [1.807, 2.05) is 0 Å². The van der Waals surface area contributed by atoms with Crippen molar-refractivity contribution in [3.63, 3.8) is 0 Å². The van der Waals surface area contributed by atoms with Crippen molar-refractivity contribution < 1.29 is 0 Å². The summed E-state index contributed by atoms with van der Waals surface area (Å²) in [7, 11) is 0. The van der Waals surface area contributed by atoms with Gasteiger partial charge < -0.3 is 0 Å². The van der Waals surface area contributed by atoms with Crippen molar-refractivity contribution in [2.45, 2.75) is 27.7 Å². The maximum Gasteiger partial charge on any atom is -0.0225 e. The molecule has 0 aliphatic heterocycles. The van der Waals surface area contributed by atoms with Crippen molar-refractivity contribution >= 4 is 6.08 Å². The summed E-state index contributed by atoms with van der Waals surface area (Å²) in [5.74, 6) is 0. The van der Waals surface area contributed by atoms with Gasteiger partial charge in [0.05, 0.1) is 0 Å². The maximum atomic E-state index is 2.22. The zero-order valence-electron chi connectivity index (χ0n) is 8.31. The minimum atomic E-state index is 1.34. The molecule has 0 aliphatic carbocycles. The van der Waals surface area contributed by atoms with Gasteiger partial charge in [0.15, 0.2) is 0 Å². The lowest BCUT2D eigenvalue weighted by atomic mass is 10.00. The third kappa shape index (κ3) is 1.76. The molecule has 0 atom stereocenters. The van der Waals surface area contributed by atoms with E-state index in [4.69, 9.17) is 0 Å². The van der Waals surface area contributed by atoms with Crippen LogP contribution in [0.2, 0.25) is 0 Å². The Morgan fingerprint density at radius 3 is 2.33 bits per heavy atom. The SMILES string of the molecule is C/C=C\c1cc(C)cc(C)c1C. The lowest BCUT2D eigenvalue weighted by Gasteiger charge is -2.06. The fraction of sp³-hybridized carbons (Fsp3) is 0.333. The third-order valence-electron chi connectivity index (χ3n) is 2.20. The molecule has 0 nitrogen and oxygen atoms in total. The van der Waals surface area contributed by atoms with E-state index in [0.717, 1.165) is 0 Å². The lowest BCUT2D eigenvalue weighted by molar-refractivity contribution is 1.28. The predicted octanol–water partition coefficient (Wildman–Crippen LogP) is 3.64. The van der Waals surface area contributed by atoms with E-state index in [0.29, 0.717) is 0 Å². The van der Waals surface area contributed by atoms with Gasteiger partial charge in [-0.3, -0.25) is 0 Å². The minimum absolute atomic E-state index is 1.34. The van der Waals surface area contributed by atoms with E-state index in [-0.39, 0.29) is 0 Å². The van der Waals surface area contributed by atoms with Crippen LogP contribution in [0.5, 0.6) is 0 Å². The summed E-state index contributed by atoms with van der Waals surface area (Å²) in [6.45, 7) is 8.52. The van der Waals surface area contributed by atoms with E-state index in [2.05, 4.69) is 52.0 Å². The van der Waals surface area contributed by atoms with Crippen LogP contribution in [-0.2, 0) is 0 Å². The van der Waals surface area contributed by atoms with Gasteiger partial charge in [0, 0.05) is 0 Å². The second-order valence-electron chi connectivity index (χ2n) is 3.30. The third-order valence-corrected chi connectivity index (χ3v) is 2.20. The molecular formula is C12H16. The Kier molecular flexibility index (Phi) is 2.69. The quantitative estimate of drug-likeness (QED) is 0.588. The molecule has 0 aromatic heterocycles. The zero-order chi connectivity index (χ0) is 9.14. The topological polar surface area (TPSA) is 0 Å². The highest BCUT2D eigenvalue weighted by Gasteiger charge is 1.98. The molecule has 1 rings (SSSR count). The van der Waals surface area contributed by atoms with Gasteiger partial charge in [-0.05, 0) is 44.4 Å². The Bertz CT molecular complexity index is 306. The maximum absolute atomic E-state index is 2.22. The lowest BCUT2D eigenvalue weighted by Crippen LogP contribution is -1.87. The largest absolute Gasteiger partial charge is 0.0871 e. The first-order valence-corrected chi connectivity index (χ1v) is 4.35. The molecule has 0 radical (unpaired) electrons. The molecule has 0 spiro atoms.